The van der Waals surface area contributed by atoms with Gasteiger partial charge in [-0.2, -0.15) is 35.1 Å². The quantitative estimate of drug-likeness (QED) is 0.448. The summed E-state index contributed by atoms with van der Waals surface area (Å²) in [7, 11) is 1.26. The Morgan fingerprint density at radius 3 is 2.54 bits per heavy atom. The van der Waals surface area contributed by atoms with Crippen LogP contribution < -0.4 is 15.9 Å². The molecule has 0 fully saturated rings. The molecule has 1 aromatic carbocycles. The topological polar surface area (TPSA) is 84.8 Å². The van der Waals surface area contributed by atoms with Crippen LogP contribution in [0.15, 0.2) is 35.0 Å². The number of carbonyl (C=O) groups is 1. The second-order valence-electron chi connectivity index (χ2n) is 5.19. The van der Waals surface area contributed by atoms with E-state index in [2.05, 4.69) is 10.7 Å². The Morgan fingerprint density at radius 1 is 1.31 bits per heavy atom. The van der Waals surface area contributed by atoms with E-state index in [0.717, 1.165) is 6.07 Å². The summed E-state index contributed by atoms with van der Waals surface area (Å²) in [6.45, 7) is 0. The predicted octanol–water partition coefficient (Wildman–Crippen LogP) is 2.45. The lowest BCUT2D eigenvalue weighted by Gasteiger charge is -2.28. The lowest BCUT2D eigenvalue weighted by atomic mass is 10.1. The van der Waals surface area contributed by atoms with E-state index >= 15 is 0 Å². The SMILES string of the molecule is CNC(=O)C(NN(O)c1ccc(F)cc1C(F)(F)F)C(O)c1ccsc1. The van der Waals surface area contributed by atoms with Gasteiger partial charge in [-0.15, -0.1) is 0 Å². The fourth-order valence-corrected chi connectivity index (χ4v) is 2.87. The lowest BCUT2D eigenvalue weighted by Crippen LogP contribution is -2.53. The van der Waals surface area contributed by atoms with Crippen molar-refractivity contribution < 1.29 is 32.7 Å². The van der Waals surface area contributed by atoms with Crippen molar-refractivity contribution >= 4 is 22.9 Å². The molecular formula is C15H15F4N3O3S. The fraction of sp³-hybridized carbons (Fsp3) is 0.267. The molecule has 0 saturated carbocycles. The third-order valence-corrected chi connectivity index (χ3v) is 4.18. The van der Waals surface area contributed by atoms with Crippen LogP contribution in [-0.4, -0.2) is 29.3 Å². The van der Waals surface area contributed by atoms with Gasteiger partial charge in [0.15, 0.2) is 0 Å². The van der Waals surface area contributed by atoms with E-state index in [1.807, 2.05) is 0 Å². The van der Waals surface area contributed by atoms with Gasteiger partial charge in [0.1, 0.15) is 18.0 Å². The Labute approximate surface area is 149 Å². The highest BCUT2D eigenvalue weighted by Gasteiger charge is 2.37. The molecule has 2 rings (SSSR count). The number of thiophene rings is 1. The molecule has 6 nitrogen and oxygen atoms in total. The van der Waals surface area contributed by atoms with Crippen LogP contribution in [0.1, 0.15) is 17.2 Å². The maximum atomic E-state index is 13.2. The molecule has 2 atom stereocenters. The summed E-state index contributed by atoms with van der Waals surface area (Å²) in [5.74, 6) is -1.92. The molecule has 0 aliphatic rings. The Kier molecular flexibility index (Phi) is 6.18. The van der Waals surface area contributed by atoms with E-state index in [4.69, 9.17) is 0 Å². The average Bonchev–Trinajstić information content (AvgIpc) is 3.12. The first-order valence-electron chi connectivity index (χ1n) is 7.18. The summed E-state index contributed by atoms with van der Waals surface area (Å²) in [5, 5.41) is 25.7. The number of benzene rings is 1. The second-order valence-corrected chi connectivity index (χ2v) is 5.97. The number of likely N-dealkylation sites (N-methyl/N-ethyl adjacent to an activating group) is 1. The number of aliphatic hydroxyl groups excluding tert-OH is 1. The van der Waals surface area contributed by atoms with Crippen LogP contribution in [0.25, 0.3) is 0 Å². The Bertz CT molecular complexity index is 755. The van der Waals surface area contributed by atoms with Crippen molar-refractivity contribution in [3.05, 3.63) is 52.0 Å². The number of rotatable bonds is 6. The van der Waals surface area contributed by atoms with Crippen molar-refractivity contribution in [3.8, 4) is 0 Å². The van der Waals surface area contributed by atoms with Crippen molar-refractivity contribution in [2.45, 2.75) is 18.3 Å². The van der Waals surface area contributed by atoms with Crippen LogP contribution in [0.2, 0.25) is 0 Å². The van der Waals surface area contributed by atoms with Crippen molar-refractivity contribution in [2.75, 3.05) is 12.2 Å². The van der Waals surface area contributed by atoms with Gasteiger partial charge in [0.25, 0.3) is 0 Å². The van der Waals surface area contributed by atoms with Crippen LogP contribution in [0.3, 0.4) is 0 Å². The number of anilines is 1. The summed E-state index contributed by atoms with van der Waals surface area (Å²) in [4.78, 5) is 12.0. The molecule has 11 heteroatoms. The molecule has 2 aromatic rings. The van der Waals surface area contributed by atoms with Gasteiger partial charge in [0.2, 0.25) is 5.91 Å². The number of amides is 1. The third-order valence-electron chi connectivity index (χ3n) is 3.48. The van der Waals surface area contributed by atoms with Gasteiger partial charge in [-0.25, -0.2) is 4.39 Å². The number of hydrogen-bond donors (Lipinski definition) is 4. The first kappa shape index (κ1) is 20.1. The lowest BCUT2D eigenvalue weighted by molar-refractivity contribution is -0.137. The normalized spacial score (nSPS) is 14.0. The third kappa shape index (κ3) is 4.49. The predicted molar refractivity (Wildman–Crippen MR) is 85.9 cm³/mol. The number of alkyl halides is 3. The molecule has 0 spiro atoms. The molecule has 0 aliphatic carbocycles. The zero-order valence-corrected chi connectivity index (χ0v) is 14.1. The zero-order chi connectivity index (χ0) is 19.5. The maximum absolute atomic E-state index is 13.2. The van der Waals surface area contributed by atoms with Gasteiger partial charge >= 0.3 is 6.18 Å². The smallest absolute Gasteiger partial charge is 0.386 e. The molecule has 0 radical (unpaired) electrons. The number of halogens is 4. The number of nitrogens with zero attached hydrogens (tertiary/aromatic N) is 1. The van der Waals surface area contributed by atoms with Crippen molar-refractivity contribution in [2.24, 2.45) is 0 Å². The van der Waals surface area contributed by atoms with Crippen molar-refractivity contribution in [1.29, 1.82) is 0 Å². The second kappa shape index (κ2) is 7.99. The first-order chi connectivity index (χ1) is 12.1. The fourth-order valence-electron chi connectivity index (χ4n) is 2.19. The summed E-state index contributed by atoms with van der Waals surface area (Å²) >= 11 is 1.24. The molecule has 0 saturated heterocycles. The summed E-state index contributed by atoms with van der Waals surface area (Å²) in [5.41, 5.74) is 0.167. The molecule has 2 unspecified atom stereocenters. The van der Waals surface area contributed by atoms with Gasteiger partial charge in [-0.3, -0.25) is 10.0 Å². The van der Waals surface area contributed by atoms with Crippen molar-refractivity contribution in [3.63, 3.8) is 0 Å². The van der Waals surface area contributed by atoms with E-state index in [1.165, 1.54) is 24.5 Å². The maximum Gasteiger partial charge on any atom is 0.418 e. The standard InChI is InChI=1S/C15H15F4N3O3S/c1-20-14(24)12(13(23)8-4-5-26-7-8)21-22(25)11-3-2-9(16)6-10(11)15(17,18)19/h2-7,12-13,21,23,25H,1H3,(H,20,24). The molecule has 0 bridgehead atoms. The Hall–Kier alpha value is -2.21. The largest absolute Gasteiger partial charge is 0.418 e. The average molecular weight is 393 g/mol. The zero-order valence-electron chi connectivity index (χ0n) is 13.3. The van der Waals surface area contributed by atoms with Gasteiger partial charge < -0.3 is 10.4 Å². The molecule has 1 heterocycles. The number of carbonyl (C=O) groups excluding carboxylic acids is 1. The summed E-state index contributed by atoms with van der Waals surface area (Å²) < 4.78 is 52.4. The molecule has 142 valence electrons. The Balaban J connectivity index is 2.33. The van der Waals surface area contributed by atoms with Crippen LogP contribution >= 0.6 is 11.3 Å². The minimum atomic E-state index is -4.95. The molecule has 0 aliphatic heterocycles. The number of hydrazine groups is 1. The van der Waals surface area contributed by atoms with Gasteiger partial charge in [-0.1, -0.05) is 0 Å². The van der Waals surface area contributed by atoms with E-state index in [1.54, 1.807) is 10.8 Å². The molecule has 1 amide bonds. The molecule has 4 N–H and O–H groups in total. The van der Waals surface area contributed by atoms with Gasteiger partial charge in [0, 0.05) is 7.05 Å². The molecule has 1 aromatic heterocycles. The number of aliphatic hydroxyl groups is 1. The van der Waals surface area contributed by atoms with E-state index in [9.17, 15) is 32.7 Å². The molecule has 26 heavy (non-hydrogen) atoms. The van der Waals surface area contributed by atoms with Crippen LogP contribution in [0.4, 0.5) is 23.2 Å². The number of hydrogen-bond acceptors (Lipinski definition) is 6. The van der Waals surface area contributed by atoms with Gasteiger partial charge in [0.05, 0.1) is 11.3 Å². The highest BCUT2D eigenvalue weighted by atomic mass is 32.1. The van der Waals surface area contributed by atoms with E-state index in [-0.39, 0.29) is 11.2 Å². The van der Waals surface area contributed by atoms with Crippen molar-refractivity contribution in [1.82, 2.24) is 10.7 Å². The van der Waals surface area contributed by atoms with Crippen LogP contribution in [-0.2, 0) is 11.0 Å². The highest BCUT2D eigenvalue weighted by Crippen LogP contribution is 2.36. The van der Waals surface area contributed by atoms with Gasteiger partial charge in [-0.05, 0) is 40.6 Å². The monoisotopic (exact) mass is 393 g/mol. The van der Waals surface area contributed by atoms with E-state index in [0.29, 0.717) is 11.6 Å². The minimum absolute atomic E-state index is 0.0578. The van der Waals surface area contributed by atoms with E-state index < -0.39 is 41.3 Å². The highest BCUT2D eigenvalue weighted by molar-refractivity contribution is 7.07. The number of nitrogens with one attached hydrogen (secondary N) is 2. The first-order valence-corrected chi connectivity index (χ1v) is 8.13. The van der Waals surface area contributed by atoms with Crippen LogP contribution in [0, 0.1) is 5.82 Å². The summed E-state index contributed by atoms with van der Waals surface area (Å²) in [6, 6.07) is 1.65. The Morgan fingerprint density at radius 2 is 2.00 bits per heavy atom. The van der Waals surface area contributed by atoms with Crippen LogP contribution in [0.5, 0.6) is 0 Å². The minimum Gasteiger partial charge on any atom is -0.386 e. The molecular weight excluding hydrogens is 378 g/mol. The summed E-state index contributed by atoms with van der Waals surface area (Å²) in [6.07, 6.45) is -6.40.